The molecule has 0 radical (unpaired) electrons. The summed E-state index contributed by atoms with van der Waals surface area (Å²) < 4.78 is 0. The maximum atomic E-state index is 4.61. The van der Waals surface area contributed by atoms with E-state index in [9.17, 15) is 0 Å². The molecule has 4 aliphatic rings. The van der Waals surface area contributed by atoms with Gasteiger partial charge < -0.3 is 0 Å². The summed E-state index contributed by atoms with van der Waals surface area (Å²) in [6.45, 7) is 16.1. The van der Waals surface area contributed by atoms with Crippen molar-refractivity contribution in [3.05, 3.63) is 95.6 Å². The fourth-order valence-corrected chi connectivity index (χ4v) is 7.65. The van der Waals surface area contributed by atoms with Crippen molar-refractivity contribution >= 4 is 0 Å². The van der Waals surface area contributed by atoms with Crippen molar-refractivity contribution in [2.24, 2.45) is 28.6 Å². The summed E-state index contributed by atoms with van der Waals surface area (Å²) in [5, 5.41) is 0. The fraction of sp³-hybridized carbons (Fsp3) is 0.467. The van der Waals surface area contributed by atoms with E-state index in [1.165, 1.54) is 36.8 Å². The molecular weight excluding hydrogens is 360 g/mol. The Morgan fingerprint density at radius 2 is 1.90 bits per heavy atom. The minimum absolute atomic E-state index is 0.105. The summed E-state index contributed by atoms with van der Waals surface area (Å²) in [6.07, 6.45) is 15.8. The molecule has 4 aliphatic carbocycles. The van der Waals surface area contributed by atoms with E-state index < -0.39 is 0 Å². The highest BCUT2D eigenvalue weighted by atomic mass is 14.6. The number of hydrogen-bond acceptors (Lipinski definition) is 0. The van der Waals surface area contributed by atoms with Gasteiger partial charge in [0, 0.05) is 5.41 Å². The second kappa shape index (κ2) is 6.98. The van der Waals surface area contributed by atoms with Crippen molar-refractivity contribution in [1.29, 1.82) is 0 Å². The Kier molecular flexibility index (Phi) is 4.62. The van der Waals surface area contributed by atoms with Gasteiger partial charge in [0.1, 0.15) is 0 Å². The molecule has 156 valence electrons. The molecule has 0 bridgehead atoms. The average Bonchev–Trinajstić information content (AvgIpc) is 3.07. The zero-order chi connectivity index (χ0) is 21.1. The molecule has 0 aromatic heterocycles. The van der Waals surface area contributed by atoms with Crippen LogP contribution in [0.4, 0.5) is 0 Å². The normalized spacial score (nSPS) is 39.5. The first kappa shape index (κ1) is 19.9. The van der Waals surface area contributed by atoms with Gasteiger partial charge in [0.2, 0.25) is 0 Å². The van der Waals surface area contributed by atoms with Crippen LogP contribution in [0.15, 0.2) is 90.1 Å². The minimum atomic E-state index is 0.105. The quantitative estimate of drug-likeness (QED) is 0.452. The minimum Gasteiger partial charge on any atom is -0.0995 e. The molecule has 2 fully saturated rings. The molecule has 5 rings (SSSR count). The van der Waals surface area contributed by atoms with Gasteiger partial charge in [-0.15, -0.1) is 0 Å². The molecule has 0 spiro atoms. The van der Waals surface area contributed by atoms with Gasteiger partial charge in [0.15, 0.2) is 0 Å². The van der Waals surface area contributed by atoms with Gasteiger partial charge in [-0.3, -0.25) is 0 Å². The highest BCUT2D eigenvalue weighted by Gasteiger charge is 2.58. The maximum absolute atomic E-state index is 4.61. The highest BCUT2D eigenvalue weighted by molar-refractivity contribution is 5.50. The molecule has 1 aromatic rings. The molecule has 0 amide bonds. The van der Waals surface area contributed by atoms with E-state index in [-0.39, 0.29) is 5.41 Å². The summed E-state index contributed by atoms with van der Waals surface area (Å²) in [6, 6.07) is 11.3. The predicted molar refractivity (Wildman–Crippen MR) is 128 cm³/mol. The van der Waals surface area contributed by atoms with Crippen LogP contribution in [0, 0.1) is 28.6 Å². The van der Waals surface area contributed by atoms with E-state index in [0.29, 0.717) is 23.2 Å². The van der Waals surface area contributed by atoms with Crippen LogP contribution in [0.1, 0.15) is 64.4 Å². The summed E-state index contributed by atoms with van der Waals surface area (Å²) in [4.78, 5) is 0. The van der Waals surface area contributed by atoms with Gasteiger partial charge in [-0.05, 0) is 79.3 Å². The molecule has 0 aliphatic heterocycles. The summed E-state index contributed by atoms with van der Waals surface area (Å²) in [5.74, 6) is 2.63. The standard InChI is InChI=1S/C30H36/c1-6-21(3)28-25(22-10-8-7-9-11-22)19-27-24-13-12-23-18-20(2)14-16-29(23,4)26(24)15-17-30(27,28)5/h7-11,14-16,18,24-25,27-28H,2-3,6,12-13,17,19H2,1,4-5H3/t24?,25-,27?,28-,29-,30-/m0/s1. The second-order valence-corrected chi connectivity index (χ2v) is 10.6. The Bertz CT molecular complexity index is 971. The van der Waals surface area contributed by atoms with Crippen LogP contribution in [0.25, 0.3) is 0 Å². The summed E-state index contributed by atoms with van der Waals surface area (Å²) in [5.41, 5.74) is 7.84. The number of hydrogen-bond donors (Lipinski definition) is 0. The van der Waals surface area contributed by atoms with E-state index in [4.69, 9.17) is 0 Å². The molecule has 0 nitrogen and oxygen atoms in total. The zero-order valence-electron chi connectivity index (χ0n) is 19.0. The van der Waals surface area contributed by atoms with Gasteiger partial charge >= 0.3 is 0 Å². The van der Waals surface area contributed by atoms with Crippen LogP contribution in [0.2, 0.25) is 0 Å². The second-order valence-electron chi connectivity index (χ2n) is 10.6. The SMILES string of the molecule is C=C1C=C[C@@]2(C)C(=C1)CCC1C2=CC[C@@]2(C)C1C[C@@H](c1ccccc1)[C@@H]2C(=C)CC. The number of allylic oxidation sites excluding steroid dienone is 8. The maximum Gasteiger partial charge on any atom is 0.0281 e. The number of fused-ring (bicyclic) bond motifs is 5. The lowest BCUT2D eigenvalue weighted by molar-refractivity contribution is 0.103. The first-order valence-corrected chi connectivity index (χ1v) is 11.9. The third-order valence-corrected chi connectivity index (χ3v) is 9.22. The van der Waals surface area contributed by atoms with Crippen molar-refractivity contribution in [1.82, 2.24) is 0 Å². The van der Waals surface area contributed by atoms with Gasteiger partial charge in [0.05, 0.1) is 0 Å². The van der Waals surface area contributed by atoms with Crippen molar-refractivity contribution in [3.8, 4) is 0 Å². The largest absolute Gasteiger partial charge is 0.0995 e. The molecule has 0 saturated heterocycles. The lowest BCUT2D eigenvalue weighted by Crippen LogP contribution is -2.43. The van der Waals surface area contributed by atoms with E-state index in [2.05, 4.69) is 88.6 Å². The van der Waals surface area contributed by atoms with Gasteiger partial charge in [-0.2, -0.15) is 0 Å². The lowest BCUT2D eigenvalue weighted by Gasteiger charge is -2.52. The molecule has 2 saturated carbocycles. The van der Waals surface area contributed by atoms with E-state index in [0.717, 1.165) is 17.9 Å². The Hall–Kier alpha value is -2.08. The van der Waals surface area contributed by atoms with E-state index in [1.807, 2.05) is 0 Å². The zero-order valence-corrected chi connectivity index (χ0v) is 19.0. The summed E-state index contributed by atoms with van der Waals surface area (Å²) in [7, 11) is 0. The van der Waals surface area contributed by atoms with E-state index in [1.54, 1.807) is 11.1 Å². The third-order valence-electron chi connectivity index (χ3n) is 9.22. The van der Waals surface area contributed by atoms with Crippen molar-refractivity contribution in [3.63, 3.8) is 0 Å². The number of rotatable bonds is 3. The van der Waals surface area contributed by atoms with Crippen LogP contribution in [-0.2, 0) is 0 Å². The van der Waals surface area contributed by atoms with Crippen LogP contribution in [-0.4, -0.2) is 0 Å². The molecule has 0 heterocycles. The molecule has 1 aromatic carbocycles. The summed E-state index contributed by atoms with van der Waals surface area (Å²) >= 11 is 0. The van der Waals surface area contributed by atoms with E-state index >= 15 is 0 Å². The van der Waals surface area contributed by atoms with Gasteiger partial charge in [-0.1, -0.05) is 98.4 Å². The Morgan fingerprint density at radius 1 is 1.13 bits per heavy atom. The Balaban J connectivity index is 1.58. The van der Waals surface area contributed by atoms with Crippen molar-refractivity contribution in [2.75, 3.05) is 0 Å². The fourth-order valence-electron chi connectivity index (χ4n) is 7.65. The molecule has 2 unspecified atom stereocenters. The van der Waals surface area contributed by atoms with Crippen LogP contribution in [0.5, 0.6) is 0 Å². The predicted octanol–water partition coefficient (Wildman–Crippen LogP) is 8.18. The van der Waals surface area contributed by atoms with Crippen molar-refractivity contribution < 1.29 is 0 Å². The Morgan fingerprint density at radius 3 is 2.63 bits per heavy atom. The van der Waals surface area contributed by atoms with Crippen LogP contribution < -0.4 is 0 Å². The monoisotopic (exact) mass is 396 g/mol. The van der Waals surface area contributed by atoms with Crippen LogP contribution in [0.3, 0.4) is 0 Å². The first-order valence-electron chi connectivity index (χ1n) is 11.9. The molecule has 0 N–H and O–H groups in total. The van der Waals surface area contributed by atoms with Gasteiger partial charge in [0.25, 0.3) is 0 Å². The smallest absolute Gasteiger partial charge is 0.0281 e. The first-order chi connectivity index (χ1) is 14.4. The number of benzene rings is 1. The van der Waals surface area contributed by atoms with Crippen LogP contribution >= 0.6 is 0 Å². The average molecular weight is 397 g/mol. The highest BCUT2D eigenvalue weighted by Crippen LogP contribution is 2.68. The Labute approximate surface area is 183 Å². The molecule has 6 atom stereocenters. The third kappa shape index (κ3) is 2.72. The lowest BCUT2D eigenvalue weighted by atomic mass is 9.52. The molecule has 0 heteroatoms. The molecular formula is C30H36. The molecule has 30 heavy (non-hydrogen) atoms. The topological polar surface area (TPSA) is 0 Å². The van der Waals surface area contributed by atoms with Crippen molar-refractivity contribution in [2.45, 2.75) is 58.8 Å². The van der Waals surface area contributed by atoms with Gasteiger partial charge in [-0.25, -0.2) is 0 Å².